The van der Waals surface area contributed by atoms with Crippen LogP contribution in [0.3, 0.4) is 0 Å². The first-order valence-corrected chi connectivity index (χ1v) is 14.2. The zero-order valence-corrected chi connectivity index (χ0v) is 18.7. The Morgan fingerprint density at radius 2 is 1.07 bits per heavy atom. The summed E-state index contributed by atoms with van der Waals surface area (Å²) in [6.45, 7) is 0. The number of hydrogen-bond acceptors (Lipinski definition) is 5. The Labute approximate surface area is 166 Å². The molecule has 9 heteroatoms. The molecule has 27 heavy (non-hydrogen) atoms. The third-order valence-corrected chi connectivity index (χ3v) is 13.9. The average molecular weight is 490 g/mol. The van der Waals surface area contributed by atoms with E-state index in [1.165, 1.54) is 0 Å². The number of primary amides is 2. The Kier molecular flexibility index (Phi) is 8.05. The van der Waals surface area contributed by atoms with Gasteiger partial charge >= 0.3 is 167 Å². The van der Waals surface area contributed by atoms with E-state index < -0.39 is 50.6 Å². The fourth-order valence-electron chi connectivity index (χ4n) is 2.69. The first-order chi connectivity index (χ1) is 12.9. The standard InChI is InChI=1S/C18H20Ge2N2O5/c21-17(23)11-15(13-7-3-1-4-8-13)19(25)27-20(26)16(12-18(22)24)14-9-5-2-6-10-14/h1-10,15-16H,11-12H2,(H2,21,23)(H2,22,24). The fraction of sp³-hybridized carbons (Fsp3) is 0.222. The summed E-state index contributed by atoms with van der Waals surface area (Å²) in [5.41, 5.74) is 11.9. The fourth-order valence-corrected chi connectivity index (χ4v) is 12.5. The molecule has 0 saturated carbocycles. The minimum absolute atomic E-state index is 0.153. The van der Waals surface area contributed by atoms with Crippen molar-refractivity contribution in [1.29, 1.82) is 0 Å². The van der Waals surface area contributed by atoms with E-state index in [9.17, 15) is 17.1 Å². The minimum atomic E-state index is -3.64. The second-order valence-electron chi connectivity index (χ2n) is 6.01. The molecule has 0 saturated heterocycles. The van der Waals surface area contributed by atoms with Crippen LogP contribution in [0.5, 0.6) is 0 Å². The summed E-state index contributed by atoms with van der Waals surface area (Å²) in [6, 6.07) is 17.5. The predicted octanol–water partition coefficient (Wildman–Crippen LogP) is 1.24. The summed E-state index contributed by atoms with van der Waals surface area (Å²) < 4.78 is 29.8. The molecule has 0 aromatic heterocycles. The Morgan fingerprint density at radius 1 is 0.741 bits per heavy atom. The van der Waals surface area contributed by atoms with Crippen LogP contribution in [0.15, 0.2) is 60.7 Å². The van der Waals surface area contributed by atoms with Crippen molar-refractivity contribution in [2.24, 2.45) is 11.5 Å². The zero-order chi connectivity index (χ0) is 19.8. The van der Waals surface area contributed by atoms with Crippen LogP contribution in [0.4, 0.5) is 0 Å². The van der Waals surface area contributed by atoms with Crippen molar-refractivity contribution in [3.05, 3.63) is 71.8 Å². The summed E-state index contributed by atoms with van der Waals surface area (Å²) in [5.74, 6) is -1.23. The molecule has 7 nitrogen and oxygen atoms in total. The van der Waals surface area contributed by atoms with E-state index in [4.69, 9.17) is 14.3 Å². The van der Waals surface area contributed by atoms with Crippen molar-refractivity contribution >= 4 is 41.1 Å². The van der Waals surface area contributed by atoms with Crippen LogP contribution in [0.1, 0.15) is 33.5 Å². The predicted molar refractivity (Wildman–Crippen MR) is 100.0 cm³/mol. The van der Waals surface area contributed by atoms with E-state index in [1.54, 1.807) is 60.7 Å². The molecular formula is C18H20Ge2N2O5. The number of rotatable bonds is 10. The maximum absolute atomic E-state index is 12.9. The van der Waals surface area contributed by atoms with Gasteiger partial charge < -0.3 is 0 Å². The topological polar surface area (TPSA) is 130 Å². The molecule has 2 amide bonds. The van der Waals surface area contributed by atoms with Crippen molar-refractivity contribution in [2.75, 3.05) is 0 Å². The summed E-state index contributed by atoms with van der Waals surface area (Å²) in [7, 11) is 0. The first-order valence-electron chi connectivity index (χ1n) is 8.30. The number of amides is 2. The third kappa shape index (κ3) is 6.51. The maximum atomic E-state index is 12.9. The van der Waals surface area contributed by atoms with Crippen molar-refractivity contribution in [1.82, 2.24) is 0 Å². The van der Waals surface area contributed by atoms with E-state index in [1.807, 2.05) is 0 Å². The molecule has 0 aliphatic heterocycles. The van der Waals surface area contributed by atoms with Gasteiger partial charge in [-0.05, 0) is 0 Å². The van der Waals surface area contributed by atoms with Crippen LogP contribution in [0.2, 0.25) is 0 Å². The normalized spacial score (nSPS) is 12.6. The Morgan fingerprint density at radius 3 is 1.37 bits per heavy atom. The van der Waals surface area contributed by atoms with Gasteiger partial charge in [0.05, 0.1) is 0 Å². The summed E-state index contributed by atoms with van der Waals surface area (Å²) >= 11 is -7.28. The average Bonchev–Trinajstić information content (AvgIpc) is 2.65. The monoisotopic (exact) mass is 492 g/mol. The molecule has 0 aliphatic carbocycles. The van der Waals surface area contributed by atoms with Crippen molar-refractivity contribution in [3.8, 4) is 0 Å². The molecular weight excluding hydrogens is 469 g/mol. The molecule has 0 bridgehead atoms. The molecule has 0 fully saturated rings. The molecule has 2 unspecified atom stereocenters. The molecule has 140 valence electrons. The van der Waals surface area contributed by atoms with Crippen molar-refractivity contribution in [2.45, 2.75) is 22.3 Å². The van der Waals surface area contributed by atoms with E-state index in [0.29, 0.717) is 11.1 Å². The molecule has 2 atom stereocenters. The van der Waals surface area contributed by atoms with E-state index >= 15 is 0 Å². The van der Waals surface area contributed by atoms with Gasteiger partial charge in [0.1, 0.15) is 0 Å². The van der Waals surface area contributed by atoms with E-state index in [-0.39, 0.29) is 12.8 Å². The van der Waals surface area contributed by atoms with Gasteiger partial charge in [-0.3, -0.25) is 0 Å². The number of carbonyl (C=O) groups is 2. The second-order valence-corrected chi connectivity index (χ2v) is 14.3. The van der Waals surface area contributed by atoms with Crippen LogP contribution in [-0.4, -0.2) is 41.1 Å². The number of hydrogen-bond donors (Lipinski definition) is 2. The Hall–Kier alpha value is -2.13. The van der Waals surface area contributed by atoms with Gasteiger partial charge in [0.25, 0.3) is 0 Å². The Bertz CT molecular complexity index is 761. The second kappa shape index (κ2) is 10.3. The van der Waals surface area contributed by atoms with Crippen molar-refractivity contribution < 1.29 is 19.9 Å². The summed E-state index contributed by atoms with van der Waals surface area (Å²) in [5, 5.41) is 0. The quantitative estimate of drug-likeness (QED) is 0.485. The molecule has 0 spiro atoms. The first kappa shape index (κ1) is 21.2. The van der Waals surface area contributed by atoms with Crippen molar-refractivity contribution in [3.63, 3.8) is 0 Å². The third-order valence-electron chi connectivity index (χ3n) is 3.98. The zero-order valence-electron chi connectivity index (χ0n) is 14.5. The Balaban J connectivity index is 2.22. The number of benzene rings is 2. The van der Waals surface area contributed by atoms with Crippen LogP contribution in [-0.2, 0) is 19.9 Å². The molecule has 0 radical (unpaired) electrons. The molecule has 0 heterocycles. The molecule has 2 rings (SSSR count). The van der Waals surface area contributed by atoms with E-state index in [0.717, 1.165) is 0 Å². The summed E-state index contributed by atoms with van der Waals surface area (Å²) in [6.07, 6.45) is -0.305. The van der Waals surface area contributed by atoms with Gasteiger partial charge in [0, 0.05) is 0 Å². The molecule has 4 N–H and O–H groups in total. The van der Waals surface area contributed by atoms with E-state index in [2.05, 4.69) is 0 Å². The van der Waals surface area contributed by atoms with Gasteiger partial charge in [-0.2, -0.15) is 0 Å². The van der Waals surface area contributed by atoms with Gasteiger partial charge in [-0.25, -0.2) is 0 Å². The van der Waals surface area contributed by atoms with Crippen LogP contribution in [0, 0.1) is 0 Å². The molecule has 2 aromatic carbocycles. The van der Waals surface area contributed by atoms with Gasteiger partial charge in [0.15, 0.2) is 0 Å². The van der Waals surface area contributed by atoms with Crippen LogP contribution >= 0.6 is 0 Å². The molecule has 0 aliphatic rings. The number of carbonyl (C=O) groups excluding carboxylic acids is 2. The van der Waals surface area contributed by atoms with Crippen LogP contribution in [0.25, 0.3) is 0 Å². The van der Waals surface area contributed by atoms with Crippen LogP contribution < -0.4 is 11.5 Å². The van der Waals surface area contributed by atoms with Gasteiger partial charge in [-0.15, -0.1) is 0 Å². The molecule has 2 aromatic rings. The van der Waals surface area contributed by atoms with Gasteiger partial charge in [0.2, 0.25) is 0 Å². The number of nitrogens with two attached hydrogens (primary N) is 2. The summed E-state index contributed by atoms with van der Waals surface area (Å²) in [4.78, 5) is 22.8. The SMILES string of the molecule is NC(=O)C[CH](c1ccccc1)[Ge](=[O])[O][Ge](=[O])[CH](CC(N)=O)c1ccccc1. The van der Waals surface area contributed by atoms with Gasteiger partial charge in [-0.1, -0.05) is 0 Å².